The number of esters is 1. The number of halogens is 4. The van der Waals surface area contributed by atoms with E-state index in [0.29, 0.717) is 21.9 Å². The van der Waals surface area contributed by atoms with Gasteiger partial charge in [0.15, 0.2) is 0 Å². The van der Waals surface area contributed by atoms with Gasteiger partial charge in [-0.25, -0.2) is 4.39 Å². The number of thioether (sulfide) groups is 1. The van der Waals surface area contributed by atoms with E-state index in [-0.39, 0.29) is 59.7 Å². The Bertz CT molecular complexity index is 1340. The van der Waals surface area contributed by atoms with Gasteiger partial charge in [-0.3, -0.25) is 19.3 Å². The number of rotatable bonds is 9. The highest BCUT2D eigenvalue weighted by Gasteiger charge is 2.35. The summed E-state index contributed by atoms with van der Waals surface area (Å²) in [5, 5.41) is 4.26. The molecule has 2 saturated heterocycles. The summed E-state index contributed by atoms with van der Waals surface area (Å²) in [4.78, 5) is 41.4. The number of amides is 2. The largest absolute Gasteiger partial charge is 0.461 e. The van der Waals surface area contributed by atoms with Gasteiger partial charge in [-0.15, -0.1) is 11.3 Å². The third-order valence-electron chi connectivity index (χ3n) is 6.23. The van der Waals surface area contributed by atoms with E-state index in [1.54, 1.807) is 17.5 Å². The summed E-state index contributed by atoms with van der Waals surface area (Å²) in [5.74, 6) is -2.45. The highest BCUT2D eigenvalue weighted by Crippen LogP contribution is 2.37. The maximum Gasteiger partial charge on any atom is 0.419 e. The lowest BCUT2D eigenvalue weighted by molar-refractivity contribution is -0.148. The number of nitrogens with one attached hydrogen (secondary N) is 1. The molecule has 214 valence electrons. The van der Waals surface area contributed by atoms with Gasteiger partial charge in [0.1, 0.15) is 16.2 Å². The van der Waals surface area contributed by atoms with Crippen molar-refractivity contribution >= 4 is 63.5 Å². The van der Waals surface area contributed by atoms with E-state index in [2.05, 4.69) is 10.2 Å². The third kappa shape index (κ3) is 7.68. The minimum atomic E-state index is -4.82. The molecule has 0 spiro atoms. The monoisotopic (exact) mass is 615 g/mol. The number of likely N-dealkylation sites (N-methyl/N-ethyl adjacent to an activating group) is 1. The van der Waals surface area contributed by atoms with Crippen molar-refractivity contribution in [1.29, 1.82) is 0 Å². The number of nitrogens with zero attached hydrogens (tertiary/aromatic N) is 2. The maximum absolute atomic E-state index is 13.6. The number of benzene rings is 1. The molecule has 3 heterocycles. The molecule has 0 aliphatic carbocycles. The number of likely N-dealkylation sites (tertiary alicyclic amines) is 1. The smallest absolute Gasteiger partial charge is 0.419 e. The van der Waals surface area contributed by atoms with Crippen LogP contribution in [0, 0.1) is 5.82 Å². The molecule has 2 aromatic rings. The van der Waals surface area contributed by atoms with Crippen molar-refractivity contribution in [2.45, 2.75) is 31.5 Å². The van der Waals surface area contributed by atoms with Crippen LogP contribution in [0.3, 0.4) is 0 Å². The predicted octanol–water partition coefficient (Wildman–Crippen LogP) is 4.92. The Labute approximate surface area is 241 Å². The fraction of sp³-hybridized carbons (Fsp3) is 0.385. The first-order chi connectivity index (χ1) is 18.9. The van der Waals surface area contributed by atoms with Crippen molar-refractivity contribution < 1.29 is 36.7 Å². The van der Waals surface area contributed by atoms with Crippen molar-refractivity contribution in [2.24, 2.45) is 0 Å². The summed E-state index contributed by atoms with van der Waals surface area (Å²) in [6.45, 7) is 1.74. The summed E-state index contributed by atoms with van der Waals surface area (Å²) in [7, 11) is 1.95. The fourth-order valence-electron chi connectivity index (χ4n) is 4.17. The van der Waals surface area contributed by atoms with Crippen LogP contribution in [0.1, 0.15) is 29.7 Å². The van der Waals surface area contributed by atoms with Crippen molar-refractivity contribution in [3.05, 3.63) is 50.8 Å². The Morgan fingerprint density at radius 2 is 2.00 bits per heavy atom. The lowest BCUT2D eigenvalue weighted by atomic mass is 10.0. The molecule has 1 unspecified atom stereocenters. The van der Waals surface area contributed by atoms with Crippen LogP contribution < -0.4 is 5.32 Å². The third-order valence-corrected chi connectivity index (χ3v) is 8.49. The zero-order chi connectivity index (χ0) is 29.0. The Kier molecular flexibility index (Phi) is 9.64. The molecule has 2 aliphatic rings. The van der Waals surface area contributed by atoms with E-state index in [1.165, 1.54) is 22.3 Å². The van der Waals surface area contributed by atoms with Gasteiger partial charge >= 0.3 is 12.1 Å². The Morgan fingerprint density at radius 3 is 2.70 bits per heavy atom. The zero-order valence-electron chi connectivity index (χ0n) is 21.3. The molecule has 2 amide bonds. The SMILES string of the molecule is CN1CCC(OC(=O)CCNC(=O)CCN2C(=O)/C(=C/c3cc(-c4ccc(F)c(C(F)(F)F)c4)cs3)SC2=S)C1. The van der Waals surface area contributed by atoms with Gasteiger partial charge in [-0.1, -0.05) is 30.0 Å². The molecule has 1 N–H and O–H groups in total. The van der Waals surface area contributed by atoms with Crippen LogP contribution in [0.4, 0.5) is 17.6 Å². The number of hydrogen-bond acceptors (Lipinski definition) is 8. The molecule has 0 saturated carbocycles. The summed E-state index contributed by atoms with van der Waals surface area (Å²) in [6.07, 6.45) is -2.54. The van der Waals surface area contributed by atoms with Gasteiger partial charge in [0.2, 0.25) is 5.91 Å². The highest BCUT2D eigenvalue weighted by atomic mass is 32.2. The van der Waals surface area contributed by atoms with Crippen LogP contribution in [-0.2, 0) is 25.3 Å². The first kappa shape index (κ1) is 30.2. The second-order valence-electron chi connectivity index (χ2n) is 9.28. The highest BCUT2D eigenvalue weighted by molar-refractivity contribution is 8.26. The van der Waals surface area contributed by atoms with Gasteiger partial charge in [0.05, 0.1) is 16.9 Å². The Morgan fingerprint density at radius 1 is 1.23 bits per heavy atom. The Balaban J connectivity index is 1.28. The summed E-state index contributed by atoms with van der Waals surface area (Å²) in [6, 6.07) is 4.40. The second kappa shape index (κ2) is 12.8. The molecule has 1 atom stereocenters. The quantitative estimate of drug-likeness (QED) is 0.186. The zero-order valence-corrected chi connectivity index (χ0v) is 23.7. The number of thiocarbonyl (C=S) groups is 1. The van der Waals surface area contributed by atoms with Gasteiger partial charge in [-0.2, -0.15) is 13.2 Å². The number of carbonyl (C=O) groups is 3. The normalized spacial score (nSPS) is 19.1. The first-order valence-corrected chi connectivity index (χ1v) is 14.4. The van der Waals surface area contributed by atoms with E-state index < -0.39 is 17.6 Å². The van der Waals surface area contributed by atoms with E-state index >= 15 is 0 Å². The van der Waals surface area contributed by atoms with Crippen molar-refractivity contribution in [3.8, 4) is 11.1 Å². The van der Waals surface area contributed by atoms with Gasteiger partial charge in [0, 0.05) is 37.5 Å². The molecule has 0 radical (unpaired) electrons. The summed E-state index contributed by atoms with van der Waals surface area (Å²) < 4.78 is 58.5. The van der Waals surface area contributed by atoms with E-state index in [1.807, 2.05) is 7.05 Å². The minimum absolute atomic E-state index is 0.0164. The molecule has 14 heteroatoms. The number of thiophene rings is 1. The van der Waals surface area contributed by atoms with Crippen LogP contribution in [0.15, 0.2) is 34.6 Å². The molecule has 40 heavy (non-hydrogen) atoms. The molecule has 4 rings (SSSR count). The molecule has 7 nitrogen and oxygen atoms in total. The van der Waals surface area contributed by atoms with Crippen molar-refractivity contribution in [1.82, 2.24) is 15.1 Å². The number of alkyl halides is 3. The summed E-state index contributed by atoms with van der Waals surface area (Å²) >= 11 is 7.56. The lowest BCUT2D eigenvalue weighted by Crippen LogP contribution is -2.34. The van der Waals surface area contributed by atoms with Gasteiger partial charge in [0.25, 0.3) is 5.91 Å². The number of ether oxygens (including phenoxy) is 1. The fourth-order valence-corrected chi connectivity index (χ4v) is 6.39. The van der Waals surface area contributed by atoms with Crippen LogP contribution in [0.2, 0.25) is 0 Å². The average molecular weight is 616 g/mol. The van der Waals surface area contributed by atoms with Gasteiger partial charge < -0.3 is 15.0 Å². The standard InChI is InChI=1S/C26H25F4N3O4S3/c1-32-8-5-17(13-32)37-23(35)4-7-31-22(34)6-9-33-24(36)21(40-25(33)38)12-18-10-16(14-39-18)15-2-3-20(27)19(11-15)26(28,29)30/h2-3,10-12,14,17H,4-9,13H2,1H3,(H,31,34)/b21-12-. The maximum atomic E-state index is 13.6. The van der Waals surface area contributed by atoms with Crippen LogP contribution in [0.5, 0.6) is 0 Å². The van der Waals surface area contributed by atoms with Gasteiger partial charge in [-0.05, 0) is 54.3 Å². The van der Waals surface area contributed by atoms with E-state index in [4.69, 9.17) is 17.0 Å². The molecule has 0 bridgehead atoms. The van der Waals surface area contributed by atoms with Crippen LogP contribution in [0.25, 0.3) is 17.2 Å². The van der Waals surface area contributed by atoms with Crippen molar-refractivity contribution in [3.63, 3.8) is 0 Å². The minimum Gasteiger partial charge on any atom is -0.461 e. The molecular weight excluding hydrogens is 590 g/mol. The Hall–Kier alpha value is -2.81. The average Bonchev–Trinajstić information content (AvgIpc) is 3.57. The van der Waals surface area contributed by atoms with Crippen molar-refractivity contribution in [2.75, 3.05) is 33.2 Å². The number of hydrogen-bond donors (Lipinski definition) is 1. The lowest BCUT2D eigenvalue weighted by Gasteiger charge is -2.14. The van der Waals surface area contributed by atoms with E-state index in [0.717, 1.165) is 36.9 Å². The molecule has 1 aromatic heterocycles. The first-order valence-electron chi connectivity index (χ1n) is 12.3. The summed E-state index contributed by atoms with van der Waals surface area (Å²) in [5.41, 5.74) is -0.698. The molecule has 1 aromatic carbocycles. The molecular formula is C26H25F4N3O4S3. The van der Waals surface area contributed by atoms with Crippen LogP contribution >= 0.6 is 35.3 Å². The van der Waals surface area contributed by atoms with E-state index in [9.17, 15) is 31.9 Å². The second-order valence-corrected chi connectivity index (χ2v) is 11.9. The van der Waals surface area contributed by atoms with Crippen LogP contribution in [-0.4, -0.2) is 71.2 Å². The topological polar surface area (TPSA) is 79.0 Å². The predicted molar refractivity (Wildman–Crippen MR) is 149 cm³/mol. The molecule has 2 fully saturated rings. The molecule has 2 aliphatic heterocycles. The number of carbonyl (C=O) groups excluding carboxylic acids is 3.